The number of benzene rings is 1. The maximum atomic E-state index is 11.0. The van der Waals surface area contributed by atoms with Gasteiger partial charge in [0.05, 0.1) is 10.6 Å². The lowest BCUT2D eigenvalue weighted by molar-refractivity contribution is -0.385. The Hall–Kier alpha value is -1.89. The van der Waals surface area contributed by atoms with E-state index in [2.05, 4.69) is 22.4 Å². The maximum absolute atomic E-state index is 11.0. The summed E-state index contributed by atoms with van der Waals surface area (Å²) in [6.45, 7) is 4.57. The monoisotopic (exact) mass is 292 g/mol. The third-order valence-corrected chi connectivity index (χ3v) is 3.76. The van der Waals surface area contributed by atoms with Gasteiger partial charge in [-0.1, -0.05) is 30.8 Å². The zero-order valence-corrected chi connectivity index (χ0v) is 12.2. The summed E-state index contributed by atoms with van der Waals surface area (Å²) in [5.41, 5.74) is 5.25. The predicted molar refractivity (Wildman–Crippen MR) is 82.6 cm³/mol. The minimum atomic E-state index is -0.364. The second kappa shape index (κ2) is 6.51. The molecule has 0 unspecified atom stereocenters. The maximum Gasteiger partial charge on any atom is 0.272 e. The van der Waals surface area contributed by atoms with Gasteiger partial charge in [0, 0.05) is 29.5 Å². The van der Waals surface area contributed by atoms with Crippen LogP contribution in [0.25, 0.3) is 0 Å². The van der Waals surface area contributed by atoms with E-state index in [-0.39, 0.29) is 10.6 Å². The number of nitrogens with zero attached hydrogens (tertiary/aromatic N) is 3. The van der Waals surface area contributed by atoms with Crippen molar-refractivity contribution in [3.63, 3.8) is 0 Å². The van der Waals surface area contributed by atoms with Crippen LogP contribution in [-0.2, 0) is 0 Å². The SMILES string of the molecule is CCCN=C1NN=C(c2ccc(C)c([N+](=O)[O-])c2)CS1. The van der Waals surface area contributed by atoms with E-state index in [1.165, 1.54) is 0 Å². The van der Waals surface area contributed by atoms with Gasteiger partial charge in [0.2, 0.25) is 0 Å². The van der Waals surface area contributed by atoms with Crippen molar-refractivity contribution in [1.82, 2.24) is 5.43 Å². The Balaban J connectivity index is 2.19. The number of nitrogens with one attached hydrogen (secondary N) is 1. The Kier molecular flexibility index (Phi) is 4.73. The third kappa shape index (κ3) is 3.36. The molecule has 0 amide bonds. The lowest BCUT2D eigenvalue weighted by atomic mass is 10.1. The van der Waals surface area contributed by atoms with Crippen LogP contribution in [0.15, 0.2) is 28.3 Å². The Bertz CT molecular complexity index is 584. The van der Waals surface area contributed by atoms with E-state index in [0.717, 1.165) is 29.4 Å². The second-order valence-electron chi connectivity index (χ2n) is 4.40. The van der Waals surface area contributed by atoms with Crippen molar-refractivity contribution in [2.45, 2.75) is 20.3 Å². The summed E-state index contributed by atoms with van der Waals surface area (Å²) < 4.78 is 0. The zero-order valence-electron chi connectivity index (χ0n) is 11.4. The van der Waals surface area contributed by atoms with Gasteiger partial charge in [-0.05, 0) is 13.3 Å². The minimum absolute atomic E-state index is 0.126. The van der Waals surface area contributed by atoms with Crippen LogP contribution in [0.3, 0.4) is 0 Å². The Morgan fingerprint density at radius 1 is 1.55 bits per heavy atom. The molecule has 2 rings (SSSR count). The molecule has 1 aromatic carbocycles. The van der Waals surface area contributed by atoms with Crippen molar-refractivity contribution in [2.75, 3.05) is 12.3 Å². The molecule has 0 atom stereocenters. The standard InChI is InChI=1S/C13H16N4O2S/c1-3-6-14-13-16-15-11(8-20-13)10-5-4-9(2)12(7-10)17(18)19/h4-5,7H,3,6,8H2,1-2H3,(H,14,16). The minimum Gasteiger partial charge on any atom is -0.261 e. The first kappa shape index (κ1) is 14.5. The molecule has 0 radical (unpaired) electrons. The number of hydrogen-bond acceptors (Lipinski definition) is 5. The van der Waals surface area contributed by atoms with Crippen LogP contribution in [0.2, 0.25) is 0 Å². The largest absolute Gasteiger partial charge is 0.272 e. The van der Waals surface area contributed by atoms with Crippen molar-refractivity contribution in [1.29, 1.82) is 0 Å². The molecule has 0 spiro atoms. The van der Waals surface area contributed by atoms with E-state index in [1.807, 2.05) is 6.07 Å². The average Bonchev–Trinajstić information content (AvgIpc) is 2.46. The summed E-state index contributed by atoms with van der Waals surface area (Å²) in [5.74, 6) is 0.662. The third-order valence-electron chi connectivity index (χ3n) is 2.85. The van der Waals surface area contributed by atoms with Gasteiger partial charge in [0.1, 0.15) is 0 Å². The van der Waals surface area contributed by atoms with Gasteiger partial charge in [0.25, 0.3) is 5.69 Å². The molecule has 0 saturated carbocycles. The zero-order chi connectivity index (χ0) is 14.5. The molecule has 7 heteroatoms. The van der Waals surface area contributed by atoms with E-state index in [0.29, 0.717) is 11.3 Å². The highest BCUT2D eigenvalue weighted by Crippen LogP contribution is 2.22. The van der Waals surface area contributed by atoms with E-state index in [9.17, 15) is 10.1 Å². The number of amidine groups is 1. The smallest absolute Gasteiger partial charge is 0.261 e. The second-order valence-corrected chi connectivity index (χ2v) is 5.37. The lowest BCUT2D eigenvalue weighted by Gasteiger charge is -2.14. The molecule has 20 heavy (non-hydrogen) atoms. The molecule has 0 aromatic heterocycles. The first-order chi connectivity index (χ1) is 9.61. The van der Waals surface area contributed by atoms with E-state index in [1.54, 1.807) is 30.8 Å². The highest BCUT2D eigenvalue weighted by molar-refractivity contribution is 8.14. The van der Waals surface area contributed by atoms with Crippen molar-refractivity contribution in [3.8, 4) is 0 Å². The molecule has 0 fully saturated rings. The fraction of sp³-hybridized carbons (Fsp3) is 0.385. The fourth-order valence-corrected chi connectivity index (χ4v) is 2.54. The molecular weight excluding hydrogens is 276 g/mol. The predicted octanol–water partition coefficient (Wildman–Crippen LogP) is 2.71. The van der Waals surface area contributed by atoms with E-state index >= 15 is 0 Å². The number of rotatable bonds is 4. The molecule has 1 N–H and O–H groups in total. The van der Waals surface area contributed by atoms with Crippen LogP contribution in [-0.4, -0.2) is 28.1 Å². The van der Waals surface area contributed by atoms with Crippen molar-refractivity contribution < 1.29 is 4.92 Å². The van der Waals surface area contributed by atoms with Crippen LogP contribution in [0.5, 0.6) is 0 Å². The Morgan fingerprint density at radius 2 is 2.35 bits per heavy atom. The summed E-state index contributed by atoms with van der Waals surface area (Å²) in [4.78, 5) is 14.9. The van der Waals surface area contributed by atoms with Gasteiger partial charge >= 0.3 is 0 Å². The quantitative estimate of drug-likeness (QED) is 0.683. The molecule has 1 heterocycles. The molecule has 1 aliphatic heterocycles. The highest BCUT2D eigenvalue weighted by atomic mass is 32.2. The molecule has 1 aliphatic rings. The number of nitro benzene ring substituents is 1. The topological polar surface area (TPSA) is 79.9 Å². The van der Waals surface area contributed by atoms with Gasteiger partial charge in [-0.3, -0.25) is 20.5 Å². The number of nitro groups is 1. The van der Waals surface area contributed by atoms with Crippen molar-refractivity contribution in [2.24, 2.45) is 10.1 Å². The molecule has 1 aromatic rings. The van der Waals surface area contributed by atoms with Crippen LogP contribution in [0.1, 0.15) is 24.5 Å². The number of hydrogen-bond donors (Lipinski definition) is 1. The molecular formula is C13H16N4O2S. The molecule has 0 saturated heterocycles. The molecule has 0 aliphatic carbocycles. The van der Waals surface area contributed by atoms with E-state index in [4.69, 9.17) is 0 Å². The fourth-order valence-electron chi connectivity index (χ4n) is 1.74. The molecule has 106 valence electrons. The Labute approximate surface area is 121 Å². The number of aryl methyl sites for hydroxylation is 1. The van der Waals surface area contributed by atoms with E-state index < -0.39 is 0 Å². The first-order valence-corrected chi connectivity index (χ1v) is 7.35. The first-order valence-electron chi connectivity index (χ1n) is 6.37. The van der Waals surface area contributed by atoms with Gasteiger partial charge < -0.3 is 0 Å². The van der Waals surface area contributed by atoms with Gasteiger partial charge in [-0.2, -0.15) is 5.10 Å². The average molecular weight is 292 g/mol. The van der Waals surface area contributed by atoms with Crippen LogP contribution < -0.4 is 5.43 Å². The number of aliphatic imine (C=N–C) groups is 1. The summed E-state index contributed by atoms with van der Waals surface area (Å²) in [7, 11) is 0. The number of hydrazone groups is 1. The van der Waals surface area contributed by atoms with Crippen LogP contribution in [0, 0.1) is 17.0 Å². The van der Waals surface area contributed by atoms with Crippen molar-refractivity contribution in [3.05, 3.63) is 39.4 Å². The normalized spacial score (nSPS) is 16.7. The Morgan fingerprint density at radius 3 is 2.95 bits per heavy atom. The lowest BCUT2D eigenvalue weighted by Crippen LogP contribution is -2.25. The van der Waals surface area contributed by atoms with Crippen molar-refractivity contribution >= 4 is 28.3 Å². The van der Waals surface area contributed by atoms with Gasteiger partial charge in [-0.25, -0.2) is 0 Å². The van der Waals surface area contributed by atoms with Crippen LogP contribution >= 0.6 is 11.8 Å². The van der Waals surface area contributed by atoms with Gasteiger partial charge in [-0.15, -0.1) is 0 Å². The van der Waals surface area contributed by atoms with Gasteiger partial charge in [0.15, 0.2) is 5.17 Å². The summed E-state index contributed by atoms with van der Waals surface area (Å²) in [5, 5.41) is 16.0. The van der Waals surface area contributed by atoms with Crippen LogP contribution in [0.4, 0.5) is 5.69 Å². The molecule has 6 nitrogen and oxygen atoms in total. The highest BCUT2D eigenvalue weighted by Gasteiger charge is 2.17. The molecule has 0 bridgehead atoms. The summed E-state index contributed by atoms with van der Waals surface area (Å²) in [6, 6.07) is 5.18. The summed E-state index contributed by atoms with van der Waals surface area (Å²) >= 11 is 1.56. The summed E-state index contributed by atoms with van der Waals surface area (Å²) in [6.07, 6.45) is 0.993. The number of thioether (sulfide) groups is 1.